The Kier molecular flexibility index (Phi) is 22.0. The molecule has 0 fully saturated rings. The number of aromatic nitrogens is 10. The van der Waals surface area contributed by atoms with Gasteiger partial charge in [0.2, 0.25) is 0 Å². The van der Waals surface area contributed by atoms with E-state index in [-0.39, 0.29) is 41.1 Å². The smallest absolute Gasteiger partial charge is 0.275 e. The van der Waals surface area contributed by atoms with Crippen molar-refractivity contribution in [2.75, 3.05) is 21.1 Å². The Morgan fingerprint density at radius 3 is 1.06 bits per heavy atom. The van der Waals surface area contributed by atoms with Gasteiger partial charge in [-0.2, -0.15) is 25.5 Å². The molecular formula is C90H113N13O7. The van der Waals surface area contributed by atoms with Crippen LogP contribution < -0.4 is 20.7 Å². The summed E-state index contributed by atoms with van der Waals surface area (Å²) in [6.45, 7) is 51.3. The molecule has 110 heavy (non-hydrogen) atoms. The van der Waals surface area contributed by atoms with Gasteiger partial charge in [0.05, 0.1) is 22.8 Å². The minimum Gasteiger partial charge on any atom is -0.488 e. The van der Waals surface area contributed by atoms with Gasteiger partial charge in [0.15, 0.2) is 34.2 Å². The second kappa shape index (κ2) is 30.1. The van der Waals surface area contributed by atoms with E-state index in [0.717, 1.165) is 110 Å². The van der Waals surface area contributed by atoms with Crippen molar-refractivity contribution in [2.45, 2.75) is 205 Å². The highest BCUT2D eigenvalue weighted by molar-refractivity contribution is 6.13. The number of rotatable bonds is 7. The molecule has 3 aliphatic carbocycles. The first-order valence-electron chi connectivity index (χ1n) is 38.5. The summed E-state index contributed by atoms with van der Waals surface area (Å²) in [5.74, 6) is 0.640. The molecule has 3 amide bonds. The molecule has 0 bridgehead atoms. The predicted molar refractivity (Wildman–Crippen MR) is 440 cm³/mol. The van der Waals surface area contributed by atoms with Gasteiger partial charge in [-0.05, 0) is 292 Å². The van der Waals surface area contributed by atoms with Gasteiger partial charge in [0.1, 0.15) is 34.8 Å². The number of carbonyl (C=O) groups is 5. The van der Waals surface area contributed by atoms with Gasteiger partial charge in [-0.3, -0.25) is 47.4 Å². The lowest BCUT2D eigenvalue weighted by atomic mass is 9.79. The van der Waals surface area contributed by atoms with Gasteiger partial charge >= 0.3 is 0 Å². The number of nitrogens with one attached hydrogen (secondary N) is 3. The van der Waals surface area contributed by atoms with Crippen LogP contribution in [0.2, 0.25) is 0 Å². The van der Waals surface area contributed by atoms with Crippen LogP contribution in [0, 0.1) is 150 Å². The summed E-state index contributed by atoms with van der Waals surface area (Å²) in [6, 6.07) is 0. The molecule has 4 aliphatic rings. The lowest BCUT2D eigenvalue weighted by molar-refractivity contribution is 0.0925. The molecule has 3 N–H and O–H groups in total. The maximum atomic E-state index is 12.5. The number of hydrogen-bond donors (Lipinski definition) is 3. The molecule has 1 aliphatic heterocycles. The zero-order valence-corrected chi connectivity index (χ0v) is 71.2. The van der Waals surface area contributed by atoms with E-state index in [2.05, 4.69) is 180 Å². The molecule has 6 aromatic heterocycles. The Balaban J connectivity index is 0.000000136. The van der Waals surface area contributed by atoms with Gasteiger partial charge in [-0.25, -0.2) is 0 Å². The Morgan fingerprint density at radius 1 is 0.318 bits per heavy atom. The molecule has 0 spiro atoms. The molecule has 15 rings (SSSR count). The van der Waals surface area contributed by atoms with E-state index in [4.69, 9.17) is 9.15 Å². The highest BCUT2D eigenvalue weighted by Gasteiger charge is 2.37. The molecular weight excluding hydrogens is 1380 g/mol. The Morgan fingerprint density at radius 2 is 0.627 bits per heavy atom. The molecule has 20 heteroatoms. The number of hydrogen-bond acceptors (Lipinski definition) is 12. The van der Waals surface area contributed by atoms with Crippen LogP contribution in [-0.2, 0) is 73.9 Å². The van der Waals surface area contributed by atoms with Gasteiger partial charge < -0.3 is 25.1 Å². The number of nitrogens with zero attached hydrogens (tertiary/aromatic N) is 10. The third-order valence-electron chi connectivity index (χ3n) is 25.5. The maximum absolute atomic E-state index is 12.5. The average Bonchev–Trinajstić information content (AvgIpc) is 1.56. The van der Waals surface area contributed by atoms with Crippen molar-refractivity contribution in [3.8, 4) is 50.8 Å². The largest absolute Gasteiger partial charge is 0.488 e. The van der Waals surface area contributed by atoms with Crippen molar-refractivity contribution >= 4 is 51.4 Å². The molecule has 0 saturated heterocycles. The fourth-order valence-electron chi connectivity index (χ4n) is 17.3. The topological polar surface area (TPSA) is 233 Å². The fourth-order valence-corrected chi connectivity index (χ4v) is 17.3. The van der Waals surface area contributed by atoms with Crippen molar-refractivity contribution in [1.29, 1.82) is 0 Å². The summed E-state index contributed by atoms with van der Waals surface area (Å²) in [4.78, 5) is 61.1. The molecule has 5 aromatic carbocycles. The number of fused-ring (bicyclic) bond motifs is 15. The van der Waals surface area contributed by atoms with E-state index in [1.165, 1.54) is 139 Å². The Hall–Kier alpha value is -10.5. The molecule has 0 radical (unpaired) electrons. The number of Topliss-reactive ketones (excluding diaryl/α,β-unsaturated/α-hetero) is 2. The van der Waals surface area contributed by atoms with Crippen LogP contribution in [0.5, 0.6) is 5.75 Å². The van der Waals surface area contributed by atoms with E-state index >= 15 is 0 Å². The minimum absolute atomic E-state index is 0.0158. The first-order valence-corrected chi connectivity index (χ1v) is 38.5. The van der Waals surface area contributed by atoms with Gasteiger partial charge in [0.25, 0.3) is 17.7 Å². The molecule has 0 unspecified atom stereocenters. The molecule has 11 aromatic rings. The summed E-state index contributed by atoms with van der Waals surface area (Å²) in [6.07, 6.45) is 4.56. The van der Waals surface area contributed by atoms with Crippen molar-refractivity contribution in [2.24, 2.45) is 47.1 Å². The maximum Gasteiger partial charge on any atom is 0.275 e. The van der Waals surface area contributed by atoms with Crippen LogP contribution >= 0.6 is 0 Å². The summed E-state index contributed by atoms with van der Waals surface area (Å²) in [5, 5.41) is 31.4. The zero-order valence-electron chi connectivity index (χ0n) is 71.2. The number of ether oxygens (including phenoxy) is 1. The van der Waals surface area contributed by atoms with E-state index in [9.17, 15) is 24.0 Å². The standard InChI is InChI=1S/C20H26N2O.C19H24N2O2.C18H23N3O.C17H21N3O.C16H19N3O2/c1-10(2)20(23)18-16-9-8-15-13(5)11(3)12(4)14(6)17(15)19(16)22(7)21-18;1-9(2)18(22)16-14-8-23-19-13(6)11(4)10(3)12(5)15(19)17(14)21(7)20-16;1-9-10(2)12(4)15-13(11(9)3)7-8-14-16(18(22)19-5)20-21(6)17(14)15;1-8-9(2)11(4)14-12(10(8)3)7-13-15(17(21)18-5)19-20(6)16(13)14;1-7-8(2)10(4)14-11(9(7)3)13-15(21-14)12(16(20)17-5)18-19(13)6/h10H,8-9H2,1-7H3;9H,8H2,1-7H3;7-8H2,1-6H3,(H,19,22);7H2,1-6H3,(H,18,21);1-6H3,(H,17,20). The quantitative estimate of drug-likeness (QED) is 0.126. The first kappa shape index (κ1) is 80.5. The van der Waals surface area contributed by atoms with Crippen LogP contribution in [0.3, 0.4) is 0 Å². The molecule has 580 valence electrons. The van der Waals surface area contributed by atoms with Gasteiger partial charge in [-0.1, -0.05) is 27.7 Å². The highest BCUT2D eigenvalue weighted by Crippen LogP contribution is 2.49. The van der Waals surface area contributed by atoms with E-state index in [0.29, 0.717) is 40.7 Å². The third-order valence-corrected chi connectivity index (χ3v) is 25.5. The summed E-state index contributed by atoms with van der Waals surface area (Å²) in [7, 11) is 14.5. The molecule has 0 saturated carbocycles. The third kappa shape index (κ3) is 12.8. The highest BCUT2D eigenvalue weighted by atomic mass is 16.5. The van der Waals surface area contributed by atoms with Crippen LogP contribution in [-0.4, -0.2) is 99.3 Å². The van der Waals surface area contributed by atoms with Crippen LogP contribution in [0.15, 0.2) is 4.42 Å². The van der Waals surface area contributed by atoms with Crippen LogP contribution in [0.25, 0.3) is 67.1 Å². The number of aryl methyl sites for hydroxylation is 7. The predicted octanol–water partition coefficient (Wildman–Crippen LogP) is 16.6. The van der Waals surface area contributed by atoms with Crippen LogP contribution in [0.4, 0.5) is 0 Å². The van der Waals surface area contributed by atoms with E-state index < -0.39 is 0 Å². The summed E-state index contributed by atoms with van der Waals surface area (Å²) in [5.41, 5.74) is 48.7. The Labute approximate surface area is 648 Å². The number of amides is 3. The monoisotopic (exact) mass is 1490 g/mol. The van der Waals surface area contributed by atoms with E-state index in [1.807, 2.05) is 81.7 Å². The number of furan rings is 1. The minimum atomic E-state index is -0.233. The SMILES string of the molecule is CNC(=O)c1nn(C)c2c1CCc1c(C)c(C)c(C)c(C)c1-2.CNC(=O)c1nn(C)c2c1Cc1c(C)c(C)c(C)c(C)c1-2.CNC(=O)c1nn(C)c2c1oc1c(C)c(C)c(C)c(C)c12.Cc1c(C)c(C)c2c(c1C)CCc1c(C(=O)C(C)C)nn(C)c1-2.Cc1c(C)c(C)c2c(c1C)OCc1c(C(=O)C(C)C)nn(C)c1-2. The van der Waals surface area contributed by atoms with E-state index in [1.54, 1.807) is 25.8 Å². The second-order valence-corrected chi connectivity index (χ2v) is 31.7. The average molecular weight is 1490 g/mol. The first-order chi connectivity index (χ1) is 51.6. The van der Waals surface area contributed by atoms with Crippen molar-refractivity contribution < 1.29 is 33.1 Å². The molecule has 0 atom stereocenters. The molecule has 7 heterocycles. The normalized spacial score (nSPS) is 12.6. The number of benzene rings is 5. The second-order valence-electron chi connectivity index (χ2n) is 31.7. The number of carbonyl (C=O) groups excluding carboxylic acids is 5. The van der Waals surface area contributed by atoms with Crippen molar-refractivity contribution in [3.05, 3.63) is 179 Å². The number of ketones is 2. The van der Waals surface area contributed by atoms with Gasteiger partial charge in [0, 0.05) is 125 Å². The fraction of sp³-hybridized carbons (Fsp3) is 0.444. The van der Waals surface area contributed by atoms with Crippen LogP contribution in [0.1, 0.15) is 230 Å². The molecule has 20 nitrogen and oxygen atoms in total. The Bertz CT molecular complexity index is 5620. The van der Waals surface area contributed by atoms with Crippen molar-refractivity contribution in [3.63, 3.8) is 0 Å². The summed E-state index contributed by atoms with van der Waals surface area (Å²) >= 11 is 0. The van der Waals surface area contributed by atoms with Gasteiger partial charge in [-0.15, -0.1) is 0 Å². The van der Waals surface area contributed by atoms with Crippen molar-refractivity contribution in [1.82, 2.24) is 64.9 Å². The lowest BCUT2D eigenvalue weighted by Crippen LogP contribution is -2.20. The summed E-state index contributed by atoms with van der Waals surface area (Å²) < 4.78 is 21.3. The zero-order chi connectivity index (χ0) is 81.2. The lowest BCUT2D eigenvalue weighted by Gasteiger charge is -2.25.